The number of carbonyl (C=O) groups is 1. The molecule has 6 heteroatoms. The molecule has 0 saturated heterocycles. The first-order valence-corrected chi connectivity index (χ1v) is 7.80. The lowest BCUT2D eigenvalue weighted by atomic mass is 10.0. The van der Waals surface area contributed by atoms with E-state index in [2.05, 4.69) is 35.3 Å². The second-order valence-corrected chi connectivity index (χ2v) is 6.65. The number of para-hydroxylation sites is 1. The van der Waals surface area contributed by atoms with Gasteiger partial charge in [-0.3, -0.25) is 4.79 Å². The summed E-state index contributed by atoms with van der Waals surface area (Å²) >= 11 is 0. The van der Waals surface area contributed by atoms with E-state index in [0.29, 0.717) is 18.3 Å². The van der Waals surface area contributed by atoms with Crippen LogP contribution in [0.15, 0.2) is 24.3 Å². The molecular weight excluding hydrogens is 290 g/mol. The number of aromatic nitrogens is 3. The molecule has 0 atom stereocenters. The van der Waals surface area contributed by atoms with E-state index in [4.69, 9.17) is 5.73 Å². The smallest absolute Gasteiger partial charge is 0.291 e. The largest absolute Gasteiger partial charge is 0.343 e. The first kappa shape index (κ1) is 17.1. The molecule has 1 heterocycles. The number of nitrogens with two attached hydrogens (primary N) is 1. The monoisotopic (exact) mass is 315 g/mol. The van der Waals surface area contributed by atoms with Crippen LogP contribution in [0.2, 0.25) is 0 Å². The Morgan fingerprint density at radius 3 is 2.61 bits per heavy atom. The third kappa shape index (κ3) is 3.76. The summed E-state index contributed by atoms with van der Waals surface area (Å²) < 4.78 is 1.72. The number of aryl methyl sites for hydroxylation is 1. The minimum Gasteiger partial charge on any atom is -0.343 e. The van der Waals surface area contributed by atoms with Crippen molar-refractivity contribution in [1.82, 2.24) is 20.1 Å². The Kier molecular flexibility index (Phi) is 4.85. The van der Waals surface area contributed by atoms with Crippen LogP contribution >= 0.6 is 0 Å². The van der Waals surface area contributed by atoms with E-state index >= 15 is 0 Å². The van der Waals surface area contributed by atoms with Crippen molar-refractivity contribution in [3.8, 4) is 5.69 Å². The van der Waals surface area contributed by atoms with Crippen molar-refractivity contribution < 1.29 is 4.79 Å². The van der Waals surface area contributed by atoms with Gasteiger partial charge in [0.15, 0.2) is 0 Å². The number of carbonyl (C=O) groups excluding carboxylic acids is 1. The predicted octanol–water partition coefficient (Wildman–Crippen LogP) is 2.17. The molecule has 0 unspecified atom stereocenters. The van der Waals surface area contributed by atoms with Crippen molar-refractivity contribution in [1.29, 1.82) is 0 Å². The third-order valence-corrected chi connectivity index (χ3v) is 3.72. The third-order valence-electron chi connectivity index (χ3n) is 3.72. The van der Waals surface area contributed by atoms with E-state index in [0.717, 1.165) is 11.3 Å². The van der Waals surface area contributed by atoms with Gasteiger partial charge in [-0.05, 0) is 38.3 Å². The SMILES string of the molecule is Cc1nc(C(=O)NC(C)(C)CN)nn1-c1ccccc1C(C)C. The zero-order valence-corrected chi connectivity index (χ0v) is 14.4. The molecule has 0 aliphatic carbocycles. The molecule has 2 aromatic rings. The van der Waals surface area contributed by atoms with Crippen LogP contribution in [0, 0.1) is 6.92 Å². The second-order valence-electron chi connectivity index (χ2n) is 6.65. The first-order chi connectivity index (χ1) is 10.7. The van der Waals surface area contributed by atoms with E-state index in [1.807, 2.05) is 39.0 Å². The van der Waals surface area contributed by atoms with Crippen LogP contribution in [0.25, 0.3) is 5.69 Å². The summed E-state index contributed by atoms with van der Waals surface area (Å²) in [5.74, 6) is 0.865. The normalized spacial score (nSPS) is 11.8. The summed E-state index contributed by atoms with van der Waals surface area (Å²) in [5, 5.41) is 7.24. The lowest BCUT2D eigenvalue weighted by molar-refractivity contribution is 0.0905. The Bertz CT molecular complexity index is 703. The van der Waals surface area contributed by atoms with Crippen molar-refractivity contribution in [3.05, 3.63) is 41.5 Å². The summed E-state index contributed by atoms with van der Waals surface area (Å²) in [5.41, 5.74) is 7.27. The van der Waals surface area contributed by atoms with Gasteiger partial charge in [0, 0.05) is 12.1 Å². The van der Waals surface area contributed by atoms with E-state index in [-0.39, 0.29) is 11.7 Å². The molecule has 0 radical (unpaired) electrons. The molecular formula is C17H25N5O. The van der Waals surface area contributed by atoms with Gasteiger partial charge in [-0.15, -0.1) is 5.10 Å². The van der Waals surface area contributed by atoms with Crippen LogP contribution in [0.3, 0.4) is 0 Å². The quantitative estimate of drug-likeness (QED) is 0.885. The van der Waals surface area contributed by atoms with Crippen LogP contribution in [-0.2, 0) is 0 Å². The maximum absolute atomic E-state index is 12.3. The maximum atomic E-state index is 12.3. The van der Waals surface area contributed by atoms with Gasteiger partial charge in [0.1, 0.15) is 5.82 Å². The highest BCUT2D eigenvalue weighted by molar-refractivity contribution is 5.91. The number of nitrogens with one attached hydrogen (secondary N) is 1. The van der Waals surface area contributed by atoms with E-state index in [1.165, 1.54) is 0 Å². The van der Waals surface area contributed by atoms with Gasteiger partial charge >= 0.3 is 0 Å². The standard InChI is InChI=1S/C17H25N5O/c1-11(2)13-8-6-7-9-14(13)22-12(3)19-15(21-22)16(23)20-17(4,5)10-18/h6-9,11H,10,18H2,1-5H3,(H,20,23). The molecule has 1 aromatic carbocycles. The van der Waals surface area contributed by atoms with Crippen molar-refractivity contribution >= 4 is 5.91 Å². The number of amides is 1. The Morgan fingerprint density at radius 2 is 2.00 bits per heavy atom. The summed E-state index contributed by atoms with van der Waals surface area (Å²) in [6, 6.07) is 8.02. The topological polar surface area (TPSA) is 85.8 Å². The summed E-state index contributed by atoms with van der Waals surface area (Å²) in [4.78, 5) is 16.6. The Morgan fingerprint density at radius 1 is 1.35 bits per heavy atom. The van der Waals surface area contributed by atoms with Crippen molar-refractivity contribution in [3.63, 3.8) is 0 Å². The fraction of sp³-hybridized carbons (Fsp3) is 0.471. The molecule has 124 valence electrons. The zero-order valence-electron chi connectivity index (χ0n) is 14.4. The zero-order chi connectivity index (χ0) is 17.2. The van der Waals surface area contributed by atoms with Crippen LogP contribution in [0.4, 0.5) is 0 Å². The number of rotatable bonds is 5. The van der Waals surface area contributed by atoms with Gasteiger partial charge in [-0.25, -0.2) is 9.67 Å². The predicted molar refractivity (Wildman–Crippen MR) is 90.8 cm³/mol. The molecule has 23 heavy (non-hydrogen) atoms. The lowest BCUT2D eigenvalue weighted by Crippen LogP contribution is -2.49. The fourth-order valence-electron chi connectivity index (χ4n) is 2.30. The lowest BCUT2D eigenvalue weighted by Gasteiger charge is -2.23. The van der Waals surface area contributed by atoms with Gasteiger partial charge in [-0.2, -0.15) is 0 Å². The van der Waals surface area contributed by atoms with E-state index in [9.17, 15) is 4.79 Å². The Balaban J connectivity index is 2.38. The van der Waals surface area contributed by atoms with Crippen LogP contribution in [0.1, 0.15) is 55.6 Å². The fourth-order valence-corrected chi connectivity index (χ4v) is 2.30. The van der Waals surface area contributed by atoms with Gasteiger partial charge in [0.05, 0.1) is 5.69 Å². The Hall–Kier alpha value is -2.21. The molecule has 3 N–H and O–H groups in total. The van der Waals surface area contributed by atoms with Gasteiger partial charge < -0.3 is 11.1 Å². The van der Waals surface area contributed by atoms with Crippen LogP contribution < -0.4 is 11.1 Å². The summed E-state index contributed by atoms with van der Waals surface area (Å²) in [6.07, 6.45) is 0. The number of hydrogen-bond donors (Lipinski definition) is 2. The summed E-state index contributed by atoms with van der Waals surface area (Å²) in [6.45, 7) is 10.2. The minimum atomic E-state index is -0.494. The molecule has 0 aliphatic heterocycles. The summed E-state index contributed by atoms with van der Waals surface area (Å²) in [7, 11) is 0. The molecule has 0 spiro atoms. The molecule has 2 rings (SSSR count). The van der Waals surface area contributed by atoms with Gasteiger partial charge in [0.2, 0.25) is 5.82 Å². The molecule has 6 nitrogen and oxygen atoms in total. The number of benzene rings is 1. The van der Waals surface area contributed by atoms with Crippen molar-refractivity contribution in [2.75, 3.05) is 6.54 Å². The first-order valence-electron chi connectivity index (χ1n) is 7.80. The second kappa shape index (κ2) is 6.50. The minimum absolute atomic E-state index is 0.155. The Labute approximate surface area is 137 Å². The molecule has 1 amide bonds. The molecule has 0 aliphatic rings. The number of nitrogens with zero attached hydrogens (tertiary/aromatic N) is 3. The highest BCUT2D eigenvalue weighted by Crippen LogP contribution is 2.23. The molecule has 0 saturated carbocycles. The molecule has 1 aromatic heterocycles. The highest BCUT2D eigenvalue weighted by Gasteiger charge is 2.23. The van der Waals surface area contributed by atoms with Gasteiger partial charge in [-0.1, -0.05) is 32.0 Å². The highest BCUT2D eigenvalue weighted by atomic mass is 16.2. The average molecular weight is 315 g/mol. The van der Waals surface area contributed by atoms with Crippen LogP contribution in [-0.4, -0.2) is 32.8 Å². The van der Waals surface area contributed by atoms with Crippen molar-refractivity contribution in [2.45, 2.75) is 46.1 Å². The van der Waals surface area contributed by atoms with Crippen molar-refractivity contribution in [2.24, 2.45) is 5.73 Å². The van der Waals surface area contributed by atoms with E-state index < -0.39 is 5.54 Å². The number of hydrogen-bond acceptors (Lipinski definition) is 4. The average Bonchev–Trinajstić information content (AvgIpc) is 2.89. The van der Waals surface area contributed by atoms with Crippen LogP contribution in [0.5, 0.6) is 0 Å². The molecule has 0 bridgehead atoms. The van der Waals surface area contributed by atoms with Gasteiger partial charge in [0.25, 0.3) is 5.91 Å². The molecule has 0 fully saturated rings. The maximum Gasteiger partial charge on any atom is 0.291 e. The van der Waals surface area contributed by atoms with E-state index in [1.54, 1.807) is 4.68 Å².